The fourth-order valence-electron chi connectivity index (χ4n) is 3.55. The van der Waals surface area contributed by atoms with Crippen LogP contribution in [0, 0.1) is 0 Å². The number of para-hydroxylation sites is 1. The molecule has 3 aromatic carbocycles. The highest BCUT2D eigenvalue weighted by Gasteiger charge is 2.18. The van der Waals surface area contributed by atoms with Gasteiger partial charge in [-0.15, -0.1) is 10.2 Å². The van der Waals surface area contributed by atoms with E-state index in [4.69, 9.17) is 14.2 Å². The molecule has 2 amide bonds. The largest absolute Gasteiger partial charge is 0.497 e. The smallest absolute Gasteiger partial charge is 0.251 e. The van der Waals surface area contributed by atoms with E-state index in [0.29, 0.717) is 39.5 Å². The van der Waals surface area contributed by atoms with Gasteiger partial charge in [0.05, 0.1) is 33.6 Å². The SMILES string of the molecule is COc1ccc(NC(=O)CSc2nnc(CNC(=O)c3cc(OC)cc(OC)c3)n2-c2ccccc2)cc1. The van der Waals surface area contributed by atoms with Gasteiger partial charge in [-0.25, -0.2) is 0 Å². The Kier molecular flexibility index (Phi) is 8.83. The fourth-order valence-corrected chi connectivity index (χ4v) is 4.32. The molecule has 2 N–H and O–H groups in total. The Bertz CT molecular complexity index is 1370. The molecule has 0 bridgehead atoms. The molecule has 0 saturated heterocycles. The molecule has 196 valence electrons. The van der Waals surface area contributed by atoms with Crippen molar-refractivity contribution in [2.24, 2.45) is 0 Å². The number of hydrogen-bond donors (Lipinski definition) is 2. The number of nitrogens with zero attached hydrogens (tertiary/aromatic N) is 3. The minimum atomic E-state index is -0.321. The van der Waals surface area contributed by atoms with Crippen LogP contribution in [0.25, 0.3) is 5.69 Å². The van der Waals surface area contributed by atoms with E-state index in [0.717, 1.165) is 5.69 Å². The Morgan fingerprint density at radius 2 is 1.50 bits per heavy atom. The van der Waals surface area contributed by atoms with Crippen molar-refractivity contribution in [3.05, 3.63) is 84.2 Å². The van der Waals surface area contributed by atoms with Gasteiger partial charge in [-0.05, 0) is 48.5 Å². The molecule has 11 heteroatoms. The lowest BCUT2D eigenvalue weighted by Gasteiger charge is -2.12. The summed E-state index contributed by atoms with van der Waals surface area (Å²) in [6, 6.07) is 21.5. The van der Waals surface area contributed by atoms with E-state index >= 15 is 0 Å². The molecule has 0 aliphatic heterocycles. The van der Waals surface area contributed by atoms with E-state index in [-0.39, 0.29) is 24.1 Å². The topological polar surface area (TPSA) is 117 Å². The van der Waals surface area contributed by atoms with Crippen LogP contribution in [0.5, 0.6) is 17.2 Å². The number of thioether (sulfide) groups is 1. The summed E-state index contributed by atoms with van der Waals surface area (Å²) in [6.45, 7) is 0.110. The predicted octanol–water partition coefficient (Wildman–Crippen LogP) is 3.95. The molecule has 4 rings (SSSR count). The van der Waals surface area contributed by atoms with Crippen LogP contribution in [-0.4, -0.2) is 53.7 Å². The van der Waals surface area contributed by atoms with Crippen LogP contribution in [0.2, 0.25) is 0 Å². The molecular weight excluding hydrogens is 506 g/mol. The zero-order valence-corrected chi connectivity index (χ0v) is 22.0. The molecule has 0 fully saturated rings. The third-order valence-corrected chi connectivity index (χ3v) is 6.37. The van der Waals surface area contributed by atoms with Crippen LogP contribution in [0.15, 0.2) is 78.0 Å². The maximum absolute atomic E-state index is 12.9. The first-order chi connectivity index (χ1) is 18.5. The number of carbonyl (C=O) groups excluding carboxylic acids is 2. The summed E-state index contributed by atoms with van der Waals surface area (Å²) in [7, 11) is 4.63. The van der Waals surface area contributed by atoms with Crippen molar-refractivity contribution in [1.82, 2.24) is 20.1 Å². The molecule has 0 unspecified atom stereocenters. The monoisotopic (exact) mass is 533 g/mol. The lowest BCUT2D eigenvalue weighted by Crippen LogP contribution is -2.24. The van der Waals surface area contributed by atoms with Gasteiger partial charge >= 0.3 is 0 Å². The molecule has 38 heavy (non-hydrogen) atoms. The maximum atomic E-state index is 12.9. The minimum Gasteiger partial charge on any atom is -0.497 e. The second-order valence-electron chi connectivity index (χ2n) is 7.92. The zero-order chi connectivity index (χ0) is 26.9. The van der Waals surface area contributed by atoms with Gasteiger partial charge in [0.1, 0.15) is 17.2 Å². The summed E-state index contributed by atoms with van der Waals surface area (Å²) in [6.07, 6.45) is 0. The fraction of sp³-hybridized carbons (Fsp3) is 0.185. The number of hydrogen-bond acceptors (Lipinski definition) is 8. The van der Waals surface area contributed by atoms with E-state index in [1.54, 1.807) is 49.6 Å². The first-order valence-corrected chi connectivity index (χ1v) is 12.6. The Hall–Kier alpha value is -4.51. The zero-order valence-electron chi connectivity index (χ0n) is 21.1. The van der Waals surface area contributed by atoms with Crippen molar-refractivity contribution < 1.29 is 23.8 Å². The van der Waals surface area contributed by atoms with Crippen molar-refractivity contribution >= 4 is 29.3 Å². The molecule has 10 nitrogen and oxygen atoms in total. The van der Waals surface area contributed by atoms with Crippen LogP contribution in [0.1, 0.15) is 16.2 Å². The van der Waals surface area contributed by atoms with Gasteiger partial charge in [0, 0.05) is 23.0 Å². The average Bonchev–Trinajstić information content (AvgIpc) is 3.38. The van der Waals surface area contributed by atoms with Crippen LogP contribution in [0.4, 0.5) is 5.69 Å². The van der Waals surface area contributed by atoms with Crippen LogP contribution >= 0.6 is 11.8 Å². The number of methoxy groups -OCH3 is 3. The van der Waals surface area contributed by atoms with Gasteiger partial charge in [0.25, 0.3) is 5.91 Å². The van der Waals surface area contributed by atoms with E-state index in [1.807, 2.05) is 34.9 Å². The minimum absolute atomic E-state index is 0.110. The van der Waals surface area contributed by atoms with Gasteiger partial charge < -0.3 is 24.8 Å². The molecular formula is C27H27N5O5S. The van der Waals surface area contributed by atoms with Gasteiger partial charge in [-0.3, -0.25) is 14.2 Å². The summed E-state index contributed by atoms with van der Waals surface area (Å²) in [5.41, 5.74) is 1.86. The summed E-state index contributed by atoms with van der Waals surface area (Å²) < 4.78 is 17.5. The van der Waals surface area contributed by atoms with Crippen molar-refractivity contribution in [2.45, 2.75) is 11.7 Å². The van der Waals surface area contributed by atoms with E-state index in [1.165, 1.54) is 26.0 Å². The molecule has 0 atom stereocenters. The van der Waals surface area contributed by atoms with E-state index < -0.39 is 0 Å². The summed E-state index contributed by atoms with van der Waals surface area (Å²) >= 11 is 1.25. The summed E-state index contributed by atoms with van der Waals surface area (Å²) in [5.74, 6) is 1.84. The molecule has 1 heterocycles. The summed E-state index contributed by atoms with van der Waals surface area (Å²) in [4.78, 5) is 25.5. The molecule has 4 aromatic rings. The van der Waals surface area contributed by atoms with Gasteiger partial charge in [0.15, 0.2) is 11.0 Å². The van der Waals surface area contributed by atoms with Crippen LogP contribution in [-0.2, 0) is 11.3 Å². The Morgan fingerprint density at radius 1 is 0.842 bits per heavy atom. The first-order valence-electron chi connectivity index (χ1n) is 11.6. The van der Waals surface area contributed by atoms with Crippen molar-refractivity contribution in [3.8, 4) is 22.9 Å². The molecule has 0 aliphatic carbocycles. The molecule has 0 aliphatic rings. The first kappa shape index (κ1) is 26.6. The maximum Gasteiger partial charge on any atom is 0.251 e. The number of rotatable bonds is 11. The number of aromatic nitrogens is 3. The Balaban J connectivity index is 1.47. The summed E-state index contributed by atoms with van der Waals surface area (Å²) in [5, 5.41) is 14.8. The lowest BCUT2D eigenvalue weighted by molar-refractivity contribution is -0.113. The van der Waals surface area contributed by atoms with Crippen molar-refractivity contribution in [3.63, 3.8) is 0 Å². The number of benzene rings is 3. The second-order valence-corrected chi connectivity index (χ2v) is 8.86. The standard InChI is InChI=1S/C27H27N5O5S/c1-35-21-11-9-19(10-12-21)29-25(33)17-38-27-31-30-24(32(27)20-7-5-4-6-8-20)16-28-26(34)18-13-22(36-2)15-23(14-18)37-3/h4-15H,16-17H2,1-3H3,(H,28,34)(H,29,33). The van der Waals surface area contributed by atoms with Crippen LogP contribution in [0.3, 0.4) is 0 Å². The highest BCUT2D eigenvalue weighted by atomic mass is 32.2. The van der Waals surface area contributed by atoms with Crippen molar-refractivity contribution in [2.75, 3.05) is 32.4 Å². The molecule has 0 spiro atoms. The molecule has 1 aromatic heterocycles. The Morgan fingerprint density at radius 3 is 2.13 bits per heavy atom. The van der Waals surface area contributed by atoms with Gasteiger partial charge in [0.2, 0.25) is 5.91 Å². The highest BCUT2D eigenvalue weighted by Crippen LogP contribution is 2.24. The van der Waals surface area contributed by atoms with E-state index in [2.05, 4.69) is 20.8 Å². The predicted molar refractivity (Wildman–Crippen MR) is 144 cm³/mol. The molecule has 0 saturated carbocycles. The normalized spacial score (nSPS) is 10.5. The third kappa shape index (κ3) is 6.62. The third-order valence-electron chi connectivity index (χ3n) is 5.44. The number of ether oxygens (including phenoxy) is 3. The van der Waals surface area contributed by atoms with Gasteiger partial charge in [-0.1, -0.05) is 30.0 Å². The number of amides is 2. The number of anilines is 1. The van der Waals surface area contributed by atoms with E-state index in [9.17, 15) is 9.59 Å². The second kappa shape index (κ2) is 12.6. The molecule has 0 radical (unpaired) electrons. The number of nitrogens with one attached hydrogen (secondary N) is 2. The van der Waals surface area contributed by atoms with Crippen LogP contribution < -0.4 is 24.8 Å². The quantitative estimate of drug-likeness (QED) is 0.279. The number of carbonyl (C=O) groups is 2. The average molecular weight is 534 g/mol. The van der Waals surface area contributed by atoms with Gasteiger partial charge in [-0.2, -0.15) is 0 Å². The highest BCUT2D eigenvalue weighted by molar-refractivity contribution is 7.99. The Labute approximate surface area is 224 Å². The van der Waals surface area contributed by atoms with Crippen molar-refractivity contribution in [1.29, 1.82) is 0 Å². The lowest BCUT2D eigenvalue weighted by atomic mass is 10.2.